The van der Waals surface area contributed by atoms with Crippen LogP contribution in [-0.4, -0.2) is 29.0 Å². The fourth-order valence-electron chi connectivity index (χ4n) is 2.76. The van der Waals surface area contributed by atoms with Crippen LogP contribution in [0.3, 0.4) is 0 Å². The number of carbonyl (C=O) groups excluding carboxylic acids is 3. The molecular weight excluding hydrogens is 338 g/mol. The number of pyridine rings is 1. The molecule has 1 aliphatic rings. The highest BCUT2D eigenvalue weighted by atomic mass is 16.5. The Bertz CT molecular complexity index is 977. The first-order valence-corrected chi connectivity index (χ1v) is 8.13. The van der Waals surface area contributed by atoms with Gasteiger partial charge in [-0.25, -0.2) is 4.79 Å². The van der Waals surface area contributed by atoms with Gasteiger partial charge in [0.25, 0.3) is 17.4 Å². The number of anilines is 1. The number of fused-ring (bicyclic) bond motifs is 1. The highest BCUT2D eigenvalue weighted by Crippen LogP contribution is 2.24. The maximum Gasteiger partial charge on any atom is 0.340 e. The van der Waals surface area contributed by atoms with Gasteiger partial charge >= 0.3 is 5.97 Å². The number of aromatic nitrogens is 1. The van der Waals surface area contributed by atoms with E-state index in [0.717, 1.165) is 23.5 Å². The van der Waals surface area contributed by atoms with E-state index in [1.807, 2.05) is 6.92 Å². The molecule has 1 aromatic carbocycles. The maximum atomic E-state index is 12.5. The number of unbranched alkanes of at least 4 members (excludes halogenated alkanes) is 1. The molecule has 3 rings (SSSR count). The number of rotatable bonds is 5. The number of esters is 1. The number of ether oxygens (including phenoxy) is 1. The van der Waals surface area contributed by atoms with Crippen molar-refractivity contribution in [3.8, 4) is 5.69 Å². The second-order valence-electron chi connectivity index (χ2n) is 5.78. The van der Waals surface area contributed by atoms with Gasteiger partial charge in [0.1, 0.15) is 5.82 Å². The van der Waals surface area contributed by atoms with Crippen molar-refractivity contribution in [3.63, 3.8) is 0 Å². The molecule has 26 heavy (non-hydrogen) atoms. The number of nitrogen functional groups attached to an aromatic ring is 1. The molecule has 2 amide bonds. The SMILES string of the molecule is CCCCOC(=O)c1ccccc1-n1c(N)c2c(cc1=O)C(=O)NC2=O. The Morgan fingerprint density at radius 1 is 1.19 bits per heavy atom. The summed E-state index contributed by atoms with van der Waals surface area (Å²) < 4.78 is 6.25. The number of hydrogen-bond donors (Lipinski definition) is 2. The molecule has 1 aliphatic heterocycles. The zero-order chi connectivity index (χ0) is 18.8. The molecule has 2 heterocycles. The molecule has 3 N–H and O–H groups in total. The summed E-state index contributed by atoms with van der Waals surface area (Å²) in [6, 6.07) is 7.32. The normalized spacial score (nSPS) is 12.7. The minimum Gasteiger partial charge on any atom is -0.462 e. The van der Waals surface area contributed by atoms with Gasteiger partial charge in [0.05, 0.1) is 29.0 Å². The first-order valence-electron chi connectivity index (χ1n) is 8.13. The molecule has 0 atom stereocenters. The summed E-state index contributed by atoms with van der Waals surface area (Å²) in [7, 11) is 0. The van der Waals surface area contributed by atoms with Crippen LogP contribution in [0.4, 0.5) is 5.82 Å². The van der Waals surface area contributed by atoms with Gasteiger partial charge in [-0.2, -0.15) is 0 Å². The molecule has 0 unspecified atom stereocenters. The number of nitrogens with one attached hydrogen (secondary N) is 1. The average Bonchev–Trinajstić information content (AvgIpc) is 2.89. The number of imide groups is 1. The van der Waals surface area contributed by atoms with Gasteiger partial charge in [-0.15, -0.1) is 0 Å². The monoisotopic (exact) mass is 355 g/mol. The number of nitrogens with two attached hydrogens (primary N) is 1. The number of amides is 2. The molecule has 134 valence electrons. The van der Waals surface area contributed by atoms with E-state index in [-0.39, 0.29) is 34.8 Å². The van der Waals surface area contributed by atoms with Gasteiger partial charge in [-0.3, -0.25) is 24.3 Å². The Hall–Kier alpha value is -3.42. The van der Waals surface area contributed by atoms with Gasteiger partial charge in [-0.1, -0.05) is 25.5 Å². The molecule has 0 saturated carbocycles. The lowest BCUT2D eigenvalue weighted by Gasteiger charge is -2.15. The second-order valence-corrected chi connectivity index (χ2v) is 5.78. The number of hydrogen-bond acceptors (Lipinski definition) is 6. The van der Waals surface area contributed by atoms with Crippen LogP contribution in [0.15, 0.2) is 35.1 Å². The van der Waals surface area contributed by atoms with E-state index in [1.54, 1.807) is 12.1 Å². The van der Waals surface area contributed by atoms with Crippen LogP contribution in [-0.2, 0) is 4.74 Å². The van der Waals surface area contributed by atoms with Crippen molar-refractivity contribution < 1.29 is 19.1 Å². The molecule has 0 fully saturated rings. The summed E-state index contributed by atoms with van der Waals surface area (Å²) in [6.07, 6.45) is 1.59. The molecule has 0 spiro atoms. The van der Waals surface area contributed by atoms with E-state index in [2.05, 4.69) is 5.32 Å². The first kappa shape index (κ1) is 17.4. The van der Waals surface area contributed by atoms with Crippen LogP contribution < -0.4 is 16.6 Å². The van der Waals surface area contributed by atoms with E-state index in [1.165, 1.54) is 12.1 Å². The Morgan fingerprint density at radius 2 is 1.92 bits per heavy atom. The third kappa shape index (κ3) is 2.85. The number of nitrogens with zero attached hydrogens (tertiary/aromatic N) is 1. The molecular formula is C18H17N3O5. The summed E-state index contributed by atoms with van der Waals surface area (Å²) in [5.74, 6) is -2.15. The zero-order valence-corrected chi connectivity index (χ0v) is 14.1. The second kappa shape index (κ2) is 6.83. The van der Waals surface area contributed by atoms with E-state index in [4.69, 9.17) is 10.5 Å². The van der Waals surface area contributed by atoms with Crippen molar-refractivity contribution >= 4 is 23.6 Å². The lowest BCUT2D eigenvalue weighted by atomic mass is 10.1. The van der Waals surface area contributed by atoms with Crippen molar-refractivity contribution in [1.82, 2.24) is 9.88 Å². The largest absolute Gasteiger partial charge is 0.462 e. The Morgan fingerprint density at radius 3 is 2.65 bits per heavy atom. The van der Waals surface area contributed by atoms with E-state index >= 15 is 0 Å². The third-order valence-electron chi connectivity index (χ3n) is 4.05. The Kier molecular flexibility index (Phi) is 4.57. The minimum atomic E-state index is -0.681. The van der Waals surface area contributed by atoms with Crippen LogP contribution >= 0.6 is 0 Å². The van der Waals surface area contributed by atoms with Crippen LogP contribution in [0.1, 0.15) is 50.8 Å². The molecule has 2 aromatic rings. The topological polar surface area (TPSA) is 120 Å². The molecule has 0 aliphatic carbocycles. The predicted molar refractivity (Wildman–Crippen MR) is 93.4 cm³/mol. The summed E-state index contributed by atoms with van der Waals surface area (Å²) >= 11 is 0. The first-order chi connectivity index (χ1) is 12.5. The van der Waals surface area contributed by atoms with Crippen molar-refractivity contribution in [2.24, 2.45) is 0 Å². The van der Waals surface area contributed by atoms with Gasteiger partial charge in [0.2, 0.25) is 0 Å². The lowest BCUT2D eigenvalue weighted by Crippen LogP contribution is -2.26. The van der Waals surface area contributed by atoms with Gasteiger partial charge in [0.15, 0.2) is 0 Å². The Labute approximate surface area is 148 Å². The summed E-state index contributed by atoms with van der Waals surface area (Å²) in [6.45, 7) is 2.23. The number of carbonyl (C=O) groups is 3. The Balaban J connectivity index is 2.13. The van der Waals surface area contributed by atoms with Crippen LogP contribution in [0, 0.1) is 0 Å². The molecule has 1 aromatic heterocycles. The van der Waals surface area contributed by atoms with Crippen molar-refractivity contribution in [2.75, 3.05) is 12.3 Å². The maximum absolute atomic E-state index is 12.5. The average molecular weight is 355 g/mol. The summed E-state index contributed by atoms with van der Waals surface area (Å²) in [4.78, 5) is 48.6. The van der Waals surface area contributed by atoms with Crippen LogP contribution in [0.25, 0.3) is 5.69 Å². The quantitative estimate of drug-likeness (QED) is 0.473. The molecule has 0 bridgehead atoms. The smallest absolute Gasteiger partial charge is 0.340 e. The third-order valence-corrected chi connectivity index (χ3v) is 4.05. The van der Waals surface area contributed by atoms with E-state index in [9.17, 15) is 19.2 Å². The van der Waals surface area contributed by atoms with Crippen molar-refractivity contribution in [1.29, 1.82) is 0 Å². The van der Waals surface area contributed by atoms with E-state index < -0.39 is 23.3 Å². The predicted octanol–water partition coefficient (Wildman–Crippen LogP) is 1.26. The number of benzene rings is 1. The van der Waals surface area contributed by atoms with Crippen molar-refractivity contribution in [2.45, 2.75) is 19.8 Å². The molecule has 8 heteroatoms. The van der Waals surface area contributed by atoms with Crippen molar-refractivity contribution in [3.05, 3.63) is 57.4 Å². The van der Waals surface area contributed by atoms with Gasteiger partial charge in [0, 0.05) is 6.07 Å². The molecule has 0 saturated heterocycles. The fourth-order valence-corrected chi connectivity index (χ4v) is 2.76. The standard InChI is InChI=1S/C18H17N3O5/c1-2-3-8-26-18(25)10-6-4-5-7-12(10)21-13(22)9-11-14(15(21)19)17(24)20-16(11)23/h4-7,9H,2-3,8,19H2,1H3,(H,20,23,24). The zero-order valence-electron chi connectivity index (χ0n) is 14.1. The fraction of sp³-hybridized carbons (Fsp3) is 0.222. The lowest BCUT2D eigenvalue weighted by molar-refractivity contribution is 0.0499. The van der Waals surface area contributed by atoms with E-state index in [0.29, 0.717) is 0 Å². The van der Waals surface area contributed by atoms with Crippen LogP contribution in [0.5, 0.6) is 0 Å². The highest BCUT2D eigenvalue weighted by Gasteiger charge is 2.32. The summed E-state index contributed by atoms with van der Waals surface area (Å²) in [5, 5.41) is 2.10. The minimum absolute atomic E-state index is 0.0725. The van der Waals surface area contributed by atoms with Gasteiger partial charge in [-0.05, 0) is 18.6 Å². The summed E-state index contributed by atoms with van der Waals surface area (Å²) in [5.41, 5.74) is 5.56. The number of para-hydroxylation sites is 1. The molecule has 0 radical (unpaired) electrons. The van der Waals surface area contributed by atoms with Crippen LogP contribution in [0.2, 0.25) is 0 Å². The molecule has 8 nitrogen and oxygen atoms in total. The highest BCUT2D eigenvalue weighted by molar-refractivity contribution is 6.23. The van der Waals surface area contributed by atoms with Gasteiger partial charge < -0.3 is 10.5 Å².